The smallest absolute Gasteiger partial charge is 0.235 e. The van der Waals surface area contributed by atoms with Crippen LogP contribution in [0.5, 0.6) is 5.75 Å². The van der Waals surface area contributed by atoms with Crippen molar-refractivity contribution < 1.29 is 39.3 Å². The van der Waals surface area contributed by atoms with Crippen molar-refractivity contribution >= 4 is 29.0 Å². The number of fused-ring (bicyclic) bond motifs is 3. The van der Waals surface area contributed by atoms with Gasteiger partial charge < -0.3 is 21.1 Å². The summed E-state index contributed by atoms with van der Waals surface area (Å²) in [5.41, 5.74) is 3.04. The monoisotopic (exact) mass is 526 g/mol. The molecule has 10 heteroatoms. The molecule has 4 aliphatic carbocycles. The molecule has 0 radical (unpaired) electrons. The number of Topliss-reactive ketones (excluding diaryl/α,β-unsaturated/α-hetero) is 4. The third-order valence-corrected chi connectivity index (χ3v) is 9.85. The molecule has 0 aliphatic heterocycles. The van der Waals surface area contributed by atoms with Crippen molar-refractivity contribution in [2.75, 3.05) is 14.1 Å². The van der Waals surface area contributed by atoms with Gasteiger partial charge in [0.2, 0.25) is 5.91 Å². The van der Waals surface area contributed by atoms with E-state index in [9.17, 15) is 39.3 Å². The van der Waals surface area contributed by atoms with Gasteiger partial charge in [0.1, 0.15) is 5.75 Å². The van der Waals surface area contributed by atoms with Gasteiger partial charge in [0, 0.05) is 11.5 Å². The van der Waals surface area contributed by atoms with E-state index in [1.54, 1.807) is 19.1 Å². The van der Waals surface area contributed by atoms with Crippen LogP contribution in [0.2, 0.25) is 0 Å². The fraction of sp³-hybridized carbons (Fsp3) is 0.607. The Labute approximate surface area is 220 Å². The Balaban J connectivity index is 1.69. The van der Waals surface area contributed by atoms with Crippen molar-refractivity contribution in [3.63, 3.8) is 0 Å². The van der Waals surface area contributed by atoms with E-state index in [0.717, 1.165) is 25.7 Å². The Bertz CT molecular complexity index is 1280. The quantitative estimate of drug-likeness (QED) is 0.402. The SMILES string of the molecule is C[C@H]1c2ccc(C3(C)CCCC3)c(O)c2C(=O)C2C(=O)[C@]3(O)C(=O)C(C(N)=O)C(=O)C(N(C)C)[C@@H]3[C@@H](O)[C@@H]21. The lowest BCUT2D eigenvalue weighted by Crippen LogP contribution is -2.77. The first-order valence-corrected chi connectivity index (χ1v) is 13.1. The maximum atomic E-state index is 14.0. The van der Waals surface area contributed by atoms with Gasteiger partial charge in [-0.05, 0) is 43.8 Å². The number of aliphatic hydroxyl groups excluding tert-OH is 1. The molecule has 8 atom stereocenters. The third-order valence-electron chi connectivity index (χ3n) is 9.85. The molecule has 5 N–H and O–H groups in total. The average molecular weight is 527 g/mol. The molecule has 0 spiro atoms. The molecule has 0 saturated heterocycles. The maximum absolute atomic E-state index is 14.0. The number of hydrogen-bond donors (Lipinski definition) is 4. The fourth-order valence-electron chi connectivity index (χ4n) is 7.90. The molecule has 204 valence electrons. The number of aliphatic hydroxyl groups is 2. The molecule has 4 aliphatic rings. The van der Waals surface area contributed by atoms with Crippen molar-refractivity contribution in [1.29, 1.82) is 0 Å². The average Bonchev–Trinajstić information content (AvgIpc) is 3.28. The second-order valence-electron chi connectivity index (χ2n) is 12.1. The predicted octanol–water partition coefficient (Wildman–Crippen LogP) is 0.231. The van der Waals surface area contributed by atoms with Crippen LogP contribution in [0.3, 0.4) is 0 Å². The van der Waals surface area contributed by atoms with Crippen LogP contribution in [0.25, 0.3) is 0 Å². The van der Waals surface area contributed by atoms with Crippen LogP contribution in [0.15, 0.2) is 12.1 Å². The molecule has 3 unspecified atom stereocenters. The summed E-state index contributed by atoms with van der Waals surface area (Å²) in [6.45, 7) is 3.73. The predicted molar refractivity (Wildman–Crippen MR) is 133 cm³/mol. The van der Waals surface area contributed by atoms with E-state index in [-0.39, 0.29) is 16.7 Å². The number of aromatic hydroxyl groups is 1. The molecule has 5 rings (SSSR count). The summed E-state index contributed by atoms with van der Waals surface area (Å²) in [6.07, 6.45) is 2.00. The van der Waals surface area contributed by atoms with Crippen molar-refractivity contribution in [2.45, 2.75) is 68.6 Å². The highest BCUT2D eigenvalue weighted by Crippen LogP contribution is 2.56. The number of likely N-dealkylation sites (N-methyl/N-ethyl adjacent to an activating group) is 1. The van der Waals surface area contributed by atoms with E-state index in [0.29, 0.717) is 11.1 Å². The summed E-state index contributed by atoms with van der Waals surface area (Å²) >= 11 is 0. The van der Waals surface area contributed by atoms with Gasteiger partial charge in [-0.2, -0.15) is 0 Å². The zero-order valence-corrected chi connectivity index (χ0v) is 21.9. The van der Waals surface area contributed by atoms with Crippen LogP contribution in [-0.4, -0.2) is 81.1 Å². The number of amides is 1. The standard InChI is InChI=1S/C28H34N2O8/c1-11-12-7-8-13(27(2)9-5-6-10-27)20(31)15(12)21(32)16-14(11)22(33)18-19(30(3)4)23(34)17(26(29)37)25(36)28(18,38)24(16)35/h7-8,11,14,16-19,22,31,33,38H,5-6,9-10H2,1-4H3,(H2,29,37)/t11-,14+,16?,17?,18+,19?,22-,28-/m0/s1. The summed E-state index contributed by atoms with van der Waals surface area (Å²) in [5.74, 6) is -12.9. The van der Waals surface area contributed by atoms with Crippen molar-refractivity contribution in [1.82, 2.24) is 4.90 Å². The Morgan fingerprint density at radius 1 is 1.08 bits per heavy atom. The van der Waals surface area contributed by atoms with Crippen LogP contribution < -0.4 is 5.73 Å². The highest BCUT2D eigenvalue weighted by Gasteiger charge is 2.73. The fourth-order valence-corrected chi connectivity index (χ4v) is 7.90. The first kappa shape index (κ1) is 26.6. The van der Waals surface area contributed by atoms with Gasteiger partial charge in [-0.3, -0.25) is 28.9 Å². The molecule has 1 amide bonds. The minimum atomic E-state index is -2.99. The molecule has 0 aromatic heterocycles. The number of rotatable bonds is 3. The number of carbonyl (C=O) groups excluding carboxylic acids is 5. The topological polar surface area (TPSA) is 175 Å². The third kappa shape index (κ3) is 3.20. The second kappa shape index (κ2) is 8.53. The van der Waals surface area contributed by atoms with E-state index >= 15 is 0 Å². The van der Waals surface area contributed by atoms with Gasteiger partial charge in [-0.15, -0.1) is 0 Å². The number of primary amides is 1. The zero-order valence-electron chi connectivity index (χ0n) is 21.9. The highest BCUT2D eigenvalue weighted by atomic mass is 16.3. The van der Waals surface area contributed by atoms with Crippen LogP contribution in [0.4, 0.5) is 0 Å². The van der Waals surface area contributed by atoms with E-state index < -0.39 is 76.4 Å². The van der Waals surface area contributed by atoms with Gasteiger partial charge in [0.15, 0.2) is 34.7 Å². The summed E-state index contributed by atoms with van der Waals surface area (Å²) in [4.78, 5) is 68.1. The molecule has 0 heterocycles. The van der Waals surface area contributed by atoms with Crippen molar-refractivity contribution in [3.05, 3.63) is 28.8 Å². The van der Waals surface area contributed by atoms with Crippen molar-refractivity contribution in [2.24, 2.45) is 29.4 Å². The van der Waals surface area contributed by atoms with Gasteiger partial charge in [-0.1, -0.05) is 38.8 Å². The maximum Gasteiger partial charge on any atom is 0.235 e. The number of phenolic OH excluding ortho intramolecular Hbond substituents is 1. The Kier molecular flexibility index (Phi) is 5.98. The number of benzene rings is 1. The molecular formula is C28H34N2O8. The number of ketones is 4. The van der Waals surface area contributed by atoms with E-state index in [1.807, 2.05) is 6.92 Å². The molecule has 3 saturated carbocycles. The van der Waals surface area contributed by atoms with Crippen LogP contribution in [-0.2, 0) is 24.6 Å². The molecule has 1 aromatic carbocycles. The molecule has 3 fully saturated rings. The second-order valence-corrected chi connectivity index (χ2v) is 12.1. The molecule has 10 nitrogen and oxygen atoms in total. The minimum Gasteiger partial charge on any atom is -0.507 e. The molecule has 1 aromatic rings. The summed E-state index contributed by atoms with van der Waals surface area (Å²) in [5, 5.41) is 34.7. The number of phenols is 1. The first-order chi connectivity index (χ1) is 17.7. The van der Waals surface area contributed by atoms with Crippen LogP contribution in [0.1, 0.15) is 66.9 Å². The van der Waals surface area contributed by atoms with Gasteiger partial charge >= 0.3 is 0 Å². The minimum absolute atomic E-state index is 0.0399. The van der Waals surface area contributed by atoms with Gasteiger partial charge in [-0.25, -0.2) is 0 Å². The lowest BCUT2D eigenvalue weighted by molar-refractivity contribution is -0.196. The number of nitrogens with zero attached hydrogens (tertiary/aromatic N) is 1. The summed E-state index contributed by atoms with van der Waals surface area (Å²) in [6, 6.07) is 2.16. The lowest BCUT2D eigenvalue weighted by Gasteiger charge is -2.56. The molecule has 38 heavy (non-hydrogen) atoms. The number of carbonyl (C=O) groups is 5. The molecular weight excluding hydrogens is 492 g/mol. The first-order valence-electron chi connectivity index (χ1n) is 13.1. The van der Waals surface area contributed by atoms with E-state index in [2.05, 4.69) is 0 Å². The normalized spacial score (nSPS) is 38.1. The lowest BCUT2D eigenvalue weighted by atomic mass is 9.49. The van der Waals surface area contributed by atoms with E-state index in [4.69, 9.17) is 5.73 Å². The van der Waals surface area contributed by atoms with Crippen LogP contribution >= 0.6 is 0 Å². The number of nitrogens with two attached hydrogens (primary N) is 1. The highest BCUT2D eigenvalue weighted by molar-refractivity contribution is 6.32. The van der Waals surface area contributed by atoms with Gasteiger partial charge in [0.25, 0.3) is 0 Å². The Hall–Kier alpha value is -2.95. The summed E-state index contributed by atoms with van der Waals surface area (Å²) in [7, 11) is 2.93. The zero-order chi connectivity index (χ0) is 28.1. The van der Waals surface area contributed by atoms with E-state index in [1.165, 1.54) is 19.0 Å². The Morgan fingerprint density at radius 2 is 1.68 bits per heavy atom. The van der Waals surface area contributed by atoms with Crippen molar-refractivity contribution in [3.8, 4) is 5.75 Å². The van der Waals surface area contributed by atoms with Gasteiger partial charge in [0.05, 0.1) is 29.5 Å². The summed E-state index contributed by atoms with van der Waals surface area (Å²) < 4.78 is 0. The Morgan fingerprint density at radius 3 is 2.24 bits per heavy atom. The largest absolute Gasteiger partial charge is 0.507 e. The van der Waals surface area contributed by atoms with Crippen LogP contribution in [0, 0.1) is 23.7 Å². The number of hydrogen-bond acceptors (Lipinski definition) is 9. The molecule has 0 bridgehead atoms.